The van der Waals surface area contributed by atoms with Crippen molar-refractivity contribution in [2.24, 2.45) is 5.92 Å². The van der Waals surface area contributed by atoms with Gasteiger partial charge in [-0.25, -0.2) is 0 Å². The Balaban J connectivity index is 1.38. The van der Waals surface area contributed by atoms with Gasteiger partial charge in [-0.3, -0.25) is 4.79 Å². The first kappa shape index (κ1) is 14.7. The molecule has 0 unspecified atom stereocenters. The van der Waals surface area contributed by atoms with Crippen LogP contribution < -0.4 is 0 Å². The van der Waals surface area contributed by atoms with E-state index in [1.165, 1.54) is 12.8 Å². The molecule has 0 aromatic carbocycles. The molecule has 3 fully saturated rings. The van der Waals surface area contributed by atoms with Crippen LogP contribution in [0, 0.1) is 5.92 Å². The lowest BCUT2D eigenvalue weighted by Gasteiger charge is -2.39. The number of amides is 1. The van der Waals surface area contributed by atoms with E-state index in [2.05, 4.69) is 5.38 Å². The van der Waals surface area contributed by atoms with Crippen molar-refractivity contribution in [2.75, 3.05) is 19.8 Å². The molecule has 0 bridgehead atoms. The summed E-state index contributed by atoms with van der Waals surface area (Å²) in [4.78, 5) is 14.7. The Hall–Kier alpha value is -0.910. The van der Waals surface area contributed by atoms with E-state index in [0.29, 0.717) is 13.0 Å². The van der Waals surface area contributed by atoms with Crippen molar-refractivity contribution in [3.8, 4) is 0 Å². The summed E-state index contributed by atoms with van der Waals surface area (Å²) < 4.78 is 12.0. The maximum atomic E-state index is 12.6. The van der Waals surface area contributed by atoms with E-state index in [9.17, 15) is 4.79 Å². The summed E-state index contributed by atoms with van der Waals surface area (Å²) in [5.41, 5.74) is 1.12. The van der Waals surface area contributed by atoms with Crippen LogP contribution in [0.3, 0.4) is 0 Å². The SMILES string of the molecule is O=C(Cc1ccsc1)N1CCO[C@H]2[C@@H](OCC3CC3)CC[C@@H]21. The van der Waals surface area contributed by atoms with Crippen molar-refractivity contribution in [3.63, 3.8) is 0 Å². The van der Waals surface area contributed by atoms with Crippen LogP contribution in [0.2, 0.25) is 0 Å². The molecule has 1 aromatic rings. The maximum Gasteiger partial charge on any atom is 0.227 e. The highest BCUT2D eigenvalue weighted by molar-refractivity contribution is 7.07. The summed E-state index contributed by atoms with van der Waals surface area (Å²) in [6.45, 7) is 2.24. The number of hydrogen-bond acceptors (Lipinski definition) is 4. The fraction of sp³-hybridized carbons (Fsp3) is 0.706. The van der Waals surface area contributed by atoms with Crippen LogP contribution in [0.25, 0.3) is 0 Å². The van der Waals surface area contributed by atoms with Gasteiger partial charge in [0.05, 0.1) is 25.2 Å². The number of hydrogen-bond donors (Lipinski definition) is 0. The van der Waals surface area contributed by atoms with E-state index < -0.39 is 0 Å². The van der Waals surface area contributed by atoms with Gasteiger partial charge in [-0.2, -0.15) is 11.3 Å². The van der Waals surface area contributed by atoms with Crippen molar-refractivity contribution >= 4 is 17.2 Å². The number of carbonyl (C=O) groups is 1. The minimum atomic E-state index is 0.0823. The quantitative estimate of drug-likeness (QED) is 0.836. The van der Waals surface area contributed by atoms with E-state index in [-0.39, 0.29) is 24.2 Å². The predicted octanol–water partition coefficient (Wildman–Crippen LogP) is 2.48. The van der Waals surface area contributed by atoms with Crippen molar-refractivity contribution in [3.05, 3.63) is 22.4 Å². The molecule has 0 N–H and O–H groups in total. The zero-order valence-electron chi connectivity index (χ0n) is 12.8. The van der Waals surface area contributed by atoms with Gasteiger partial charge in [0, 0.05) is 13.2 Å². The van der Waals surface area contributed by atoms with Crippen molar-refractivity contribution in [1.82, 2.24) is 4.90 Å². The molecule has 1 saturated heterocycles. The van der Waals surface area contributed by atoms with Crippen LogP contribution in [0.1, 0.15) is 31.2 Å². The largest absolute Gasteiger partial charge is 0.375 e. The van der Waals surface area contributed by atoms with Gasteiger partial charge in [-0.05, 0) is 54.0 Å². The molecule has 0 radical (unpaired) electrons. The van der Waals surface area contributed by atoms with Crippen molar-refractivity contribution in [2.45, 2.75) is 50.4 Å². The summed E-state index contributed by atoms with van der Waals surface area (Å²) >= 11 is 1.65. The van der Waals surface area contributed by atoms with E-state index >= 15 is 0 Å². The Morgan fingerprint density at radius 2 is 2.27 bits per heavy atom. The third kappa shape index (κ3) is 3.07. The standard InChI is InChI=1S/C17H23NO3S/c19-16(9-13-5-8-22-11-13)18-6-7-20-17-14(18)3-4-15(17)21-10-12-1-2-12/h5,8,11-12,14-15,17H,1-4,6-7,9-10H2/t14-,15-,17+/m0/s1. The Kier molecular flexibility index (Phi) is 4.20. The Labute approximate surface area is 135 Å². The van der Waals surface area contributed by atoms with Gasteiger partial charge >= 0.3 is 0 Å². The highest BCUT2D eigenvalue weighted by Gasteiger charge is 2.45. The van der Waals surface area contributed by atoms with Crippen molar-refractivity contribution in [1.29, 1.82) is 0 Å². The van der Waals surface area contributed by atoms with E-state index in [0.717, 1.165) is 37.5 Å². The molecule has 3 aliphatic rings. The van der Waals surface area contributed by atoms with Gasteiger partial charge in [0.15, 0.2) is 0 Å². The van der Waals surface area contributed by atoms with Crippen LogP contribution in [0.4, 0.5) is 0 Å². The van der Waals surface area contributed by atoms with E-state index in [1.807, 2.05) is 16.3 Å². The molecular weight excluding hydrogens is 298 g/mol. The minimum Gasteiger partial charge on any atom is -0.375 e. The average Bonchev–Trinajstić information content (AvgIpc) is 3.05. The first-order valence-corrected chi connectivity index (χ1v) is 9.29. The first-order chi connectivity index (χ1) is 10.8. The van der Waals surface area contributed by atoms with Crippen LogP contribution in [-0.2, 0) is 20.7 Å². The van der Waals surface area contributed by atoms with Crippen LogP contribution in [-0.4, -0.2) is 48.8 Å². The second kappa shape index (κ2) is 6.30. The molecule has 1 aromatic heterocycles. The zero-order valence-corrected chi connectivity index (χ0v) is 13.6. The van der Waals surface area contributed by atoms with Gasteiger partial charge in [-0.15, -0.1) is 0 Å². The topological polar surface area (TPSA) is 38.8 Å². The number of ether oxygens (including phenoxy) is 2. The first-order valence-electron chi connectivity index (χ1n) is 8.35. The molecule has 3 atom stereocenters. The zero-order chi connectivity index (χ0) is 14.9. The van der Waals surface area contributed by atoms with Gasteiger partial charge in [0.1, 0.15) is 6.10 Å². The van der Waals surface area contributed by atoms with Gasteiger partial charge in [0.25, 0.3) is 0 Å². The predicted molar refractivity (Wildman–Crippen MR) is 85.0 cm³/mol. The molecule has 1 amide bonds. The Morgan fingerprint density at radius 1 is 1.36 bits per heavy atom. The van der Waals surface area contributed by atoms with Crippen LogP contribution in [0.5, 0.6) is 0 Å². The molecule has 120 valence electrons. The highest BCUT2D eigenvalue weighted by Crippen LogP contribution is 2.35. The Morgan fingerprint density at radius 3 is 3.05 bits per heavy atom. The third-order valence-corrected chi connectivity index (χ3v) is 5.77. The monoisotopic (exact) mass is 321 g/mol. The lowest BCUT2D eigenvalue weighted by molar-refractivity contribution is -0.151. The number of thiophene rings is 1. The Bertz CT molecular complexity index is 514. The number of fused-ring (bicyclic) bond motifs is 1. The second-order valence-electron chi connectivity index (χ2n) is 6.69. The summed E-state index contributed by atoms with van der Waals surface area (Å²) in [6, 6.07) is 2.25. The molecule has 5 heteroatoms. The van der Waals surface area contributed by atoms with E-state index in [1.54, 1.807) is 11.3 Å². The van der Waals surface area contributed by atoms with Gasteiger partial charge < -0.3 is 14.4 Å². The van der Waals surface area contributed by atoms with Crippen LogP contribution >= 0.6 is 11.3 Å². The maximum absolute atomic E-state index is 12.6. The second-order valence-corrected chi connectivity index (χ2v) is 7.47. The number of carbonyl (C=O) groups excluding carboxylic acids is 1. The summed E-state index contributed by atoms with van der Waals surface area (Å²) in [6.07, 6.45) is 5.43. The molecule has 1 aliphatic heterocycles. The summed E-state index contributed by atoms with van der Waals surface area (Å²) in [5, 5.41) is 4.09. The molecule has 4 rings (SSSR count). The van der Waals surface area contributed by atoms with Gasteiger partial charge in [-0.1, -0.05) is 0 Å². The fourth-order valence-electron chi connectivity index (χ4n) is 3.62. The molecule has 22 heavy (non-hydrogen) atoms. The van der Waals surface area contributed by atoms with E-state index in [4.69, 9.17) is 9.47 Å². The minimum absolute atomic E-state index is 0.0823. The van der Waals surface area contributed by atoms with Crippen LogP contribution in [0.15, 0.2) is 16.8 Å². The lowest BCUT2D eigenvalue weighted by Crippen LogP contribution is -2.54. The number of rotatable bonds is 5. The highest BCUT2D eigenvalue weighted by atomic mass is 32.1. The smallest absolute Gasteiger partial charge is 0.227 e. The van der Waals surface area contributed by atoms with Crippen molar-refractivity contribution < 1.29 is 14.3 Å². The lowest BCUT2D eigenvalue weighted by atomic mass is 10.1. The molecular formula is C17H23NO3S. The average molecular weight is 321 g/mol. The fourth-order valence-corrected chi connectivity index (χ4v) is 4.29. The van der Waals surface area contributed by atoms with Gasteiger partial charge in [0.2, 0.25) is 5.91 Å². The molecule has 0 spiro atoms. The molecule has 2 saturated carbocycles. The normalized spacial score (nSPS) is 31.3. The third-order valence-electron chi connectivity index (χ3n) is 5.03. The summed E-state index contributed by atoms with van der Waals surface area (Å²) in [7, 11) is 0. The molecule has 2 aliphatic carbocycles. The molecule has 2 heterocycles. The number of morpholine rings is 1. The number of nitrogens with zero attached hydrogens (tertiary/aromatic N) is 1. The summed E-state index contributed by atoms with van der Waals surface area (Å²) in [5.74, 6) is 1.01. The molecule has 4 nitrogen and oxygen atoms in total.